The van der Waals surface area contributed by atoms with Gasteiger partial charge in [0.05, 0.1) is 0 Å². The average molecular weight is 671 g/mol. The van der Waals surface area contributed by atoms with Crippen LogP contribution >= 0.6 is 11.8 Å². The zero-order chi connectivity index (χ0) is 32.6. The summed E-state index contributed by atoms with van der Waals surface area (Å²) in [7, 11) is 0. The van der Waals surface area contributed by atoms with Crippen LogP contribution in [0.25, 0.3) is 0 Å². The molecular weight excluding hydrogens is 621 g/mol. The lowest BCUT2D eigenvalue weighted by Crippen LogP contribution is -2.41. The van der Waals surface area contributed by atoms with Gasteiger partial charge in [-0.2, -0.15) is 0 Å². The predicted molar refractivity (Wildman–Crippen MR) is 209 cm³/mol. The molecule has 1 spiro atoms. The van der Waals surface area contributed by atoms with Crippen LogP contribution < -0.4 is 0 Å². The highest BCUT2D eigenvalue weighted by Crippen LogP contribution is 2.71. The van der Waals surface area contributed by atoms with E-state index in [1.807, 2.05) is 5.57 Å². The fraction of sp³-hybridized carbons (Fsp3) is 0.469. The van der Waals surface area contributed by atoms with Crippen molar-refractivity contribution in [3.63, 3.8) is 0 Å². The minimum Gasteiger partial charge on any atom is -0.126 e. The second-order valence-electron chi connectivity index (χ2n) is 17.6. The number of thioether (sulfide) groups is 1. The van der Waals surface area contributed by atoms with Crippen LogP contribution in [0.1, 0.15) is 101 Å². The molecule has 1 aliphatic heterocycles. The van der Waals surface area contributed by atoms with Gasteiger partial charge in [0, 0.05) is 34.3 Å². The van der Waals surface area contributed by atoms with Crippen molar-refractivity contribution < 1.29 is 0 Å². The molecule has 1 heteroatoms. The normalized spacial score (nSPS) is 41.4. The van der Waals surface area contributed by atoms with Gasteiger partial charge in [0.2, 0.25) is 0 Å². The molecule has 10 aliphatic carbocycles. The van der Waals surface area contributed by atoms with Gasteiger partial charge in [-0.1, -0.05) is 108 Å². The molecule has 1 heterocycles. The Hall–Kier alpha value is -3.03. The summed E-state index contributed by atoms with van der Waals surface area (Å²) < 4.78 is 0. The van der Waals surface area contributed by atoms with Gasteiger partial charge in [0.1, 0.15) is 0 Å². The third kappa shape index (κ3) is 3.87. The maximum absolute atomic E-state index is 2.98. The lowest BCUT2D eigenvalue weighted by atomic mass is 9.55. The second-order valence-corrected chi connectivity index (χ2v) is 18.9. The number of benzene rings is 1. The summed E-state index contributed by atoms with van der Waals surface area (Å²) in [4.78, 5) is 1.72. The molecule has 10 unspecified atom stereocenters. The van der Waals surface area contributed by atoms with Gasteiger partial charge in [-0.15, -0.1) is 11.8 Å². The van der Waals surface area contributed by atoms with Crippen LogP contribution in [0.4, 0.5) is 0 Å². The molecule has 1 aromatic rings. The van der Waals surface area contributed by atoms with E-state index in [0.29, 0.717) is 35.5 Å². The van der Waals surface area contributed by atoms with Crippen molar-refractivity contribution in [3.8, 4) is 0 Å². The quantitative estimate of drug-likeness (QED) is 0.268. The van der Waals surface area contributed by atoms with Crippen LogP contribution in [0.2, 0.25) is 0 Å². The van der Waals surface area contributed by atoms with Crippen molar-refractivity contribution in [1.29, 1.82) is 0 Å². The van der Waals surface area contributed by atoms with E-state index in [0.717, 1.165) is 17.1 Å². The molecule has 0 fully saturated rings. The number of allylic oxidation sites excluding steroid dienone is 20. The topological polar surface area (TPSA) is 0 Å². The van der Waals surface area contributed by atoms with E-state index in [2.05, 4.69) is 103 Å². The van der Waals surface area contributed by atoms with E-state index in [1.54, 1.807) is 55.0 Å². The van der Waals surface area contributed by atoms with Gasteiger partial charge in [-0.25, -0.2) is 0 Å². The number of fused-ring (bicyclic) bond motifs is 16. The molecule has 0 amide bonds. The zero-order valence-electron chi connectivity index (χ0n) is 29.5. The summed E-state index contributed by atoms with van der Waals surface area (Å²) in [6.45, 7) is 0. The minimum atomic E-state index is 0.0563. The molecule has 0 bridgehead atoms. The summed E-state index contributed by atoms with van der Waals surface area (Å²) in [5.74, 6) is 5.03. The van der Waals surface area contributed by atoms with Crippen LogP contribution in [0.3, 0.4) is 0 Å². The fourth-order valence-electron chi connectivity index (χ4n) is 13.9. The summed E-state index contributed by atoms with van der Waals surface area (Å²) in [5, 5.41) is 0.774. The summed E-state index contributed by atoms with van der Waals surface area (Å²) >= 11 is 2.23. The second kappa shape index (κ2) is 11.0. The number of hydrogen-bond acceptors (Lipinski definition) is 1. The molecule has 0 radical (unpaired) electrons. The van der Waals surface area contributed by atoms with Gasteiger partial charge in [-0.05, 0) is 151 Å². The van der Waals surface area contributed by atoms with Crippen molar-refractivity contribution in [2.45, 2.75) is 100 Å². The highest BCUT2D eigenvalue weighted by molar-refractivity contribution is 8.04. The van der Waals surface area contributed by atoms with Crippen molar-refractivity contribution in [3.05, 3.63) is 152 Å². The molecule has 50 heavy (non-hydrogen) atoms. The molecule has 0 N–H and O–H groups in total. The first-order valence-corrected chi connectivity index (χ1v) is 21.4. The van der Waals surface area contributed by atoms with E-state index in [1.165, 1.54) is 83.5 Å². The van der Waals surface area contributed by atoms with Crippen LogP contribution in [-0.2, 0) is 5.41 Å². The van der Waals surface area contributed by atoms with Crippen LogP contribution in [-0.4, -0.2) is 5.25 Å². The van der Waals surface area contributed by atoms with E-state index in [4.69, 9.17) is 0 Å². The summed E-state index contributed by atoms with van der Waals surface area (Å²) in [5.41, 5.74) is 17.5. The molecule has 0 saturated carbocycles. The molecular formula is C49H50S. The standard InChI is InChI=1S/C49H50S/c1-3-13-33-31(11-1)32-12-2-4-14-34(32)40-28-46-41(27-39(33)40)36-16-6-9-19-44(36)49(46)43-18-8-5-15-35(43)37-23-21-30(26-45(37)49)29-22-24-48-42(25-29)38-17-7-10-20-47(38)50-48/h1-2,5,7-8,11-12,15,17-18,21-23,27-28,30,32,34,37,39-40,42,45,48H,3-4,6,9-10,13-14,16,19-20,24-26H2. The van der Waals surface area contributed by atoms with Crippen molar-refractivity contribution >= 4 is 11.8 Å². The summed E-state index contributed by atoms with van der Waals surface area (Å²) in [6, 6.07) is 9.85. The smallest absolute Gasteiger partial charge is 0.0460 e. The Kier molecular flexibility index (Phi) is 6.49. The summed E-state index contributed by atoms with van der Waals surface area (Å²) in [6.07, 6.45) is 45.8. The van der Waals surface area contributed by atoms with Crippen molar-refractivity contribution in [2.75, 3.05) is 0 Å². The average Bonchev–Trinajstić information content (AvgIpc) is 3.80. The Morgan fingerprint density at radius 2 is 1.68 bits per heavy atom. The predicted octanol–water partition coefficient (Wildman–Crippen LogP) is 12.5. The third-order valence-electron chi connectivity index (χ3n) is 15.7. The molecule has 252 valence electrons. The lowest BCUT2D eigenvalue weighted by molar-refractivity contribution is 0.236. The maximum Gasteiger partial charge on any atom is 0.0460 e. The molecule has 1 aromatic carbocycles. The molecule has 12 rings (SSSR count). The highest BCUT2D eigenvalue weighted by Gasteiger charge is 2.62. The zero-order valence-corrected chi connectivity index (χ0v) is 30.3. The van der Waals surface area contributed by atoms with Gasteiger partial charge >= 0.3 is 0 Å². The van der Waals surface area contributed by atoms with Crippen LogP contribution in [0, 0.1) is 41.4 Å². The Labute approximate surface area is 303 Å². The van der Waals surface area contributed by atoms with Crippen molar-refractivity contribution in [2.24, 2.45) is 41.4 Å². The Morgan fingerprint density at radius 3 is 2.66 bits per heavy atom. The Balaban J connectivity index is 0.997. The van der Waals surface area contributed by atoms with E-state index in [-0.39, 0.29) is 5.41 Å². The van der Waals surface area contributed by atoms with E-state index >= 15 is 0 Å². The SMILES string of the molecule is C1=CC2=C(CC1)SC1CC=C(C3C=CC4c5ccccc5C5(C6=CC7C(C=C6C6=C5CCCC6)C5=C(C=CCC5)C5C=CCCC57)C4C3)CC21. The molecule has 0 saturated heterocycles. The number of rotatable bonds is 1. The third-order valence-corrected chi connectivity index (χ3v) is 17.3. The van der Waals surface area contributed by atoms with Gasteiger partial charge in [0.25, 0.3) is 0 Å². The van der Waals surface area contributed by atoms with Crippen LogP contribution in [0.5, 0.6) is 0 Å². The maximum atomic E-state index is 2.98. The Bertz CT molecular complexity index is 2030. The van der Waals surface area contributed by atoms with Gasteiger partial charge in [0.15, 0.2) is 0 Å². The highest BCUT2D eigenvalue weighted by atomic mass is 32.2. The molecule has 0 aromatic heterocycles. The molecule has 10 atom stereocenters. The van der Waals surface area contributed by atoms with E-state index in [9.17, 15) is 0 Å². The van der Waals surface area contributed by atoms with Crippen LogP contribution in [0.15, 0.2) is 141 Å². The first-order chi connectivity index (χ1) is 24.8. The first kappa shape index (κ1) is 29.5. The Morgan fingerprint density at radius 1 is 0.780 bits per heavy atom. The fourth-order valence-corrected chi connectivity index (χ4v) is 15.4. The monoisotopic (exact) mass is 670 g/mol. The molecule has 0 nitrogen and oxygen atoms in total. The minimum absolute atomic E-state index is 0.0563. The lowest BCUT2D eigenvalue weighted by Gasteiger charge is -2.49. The van der Waals surface area contributed by atoms with Crippen molar-refractivity contribution in [1.82, 2.24) is 0 Å². The first-order valence-electron chi connectivity index (χ1n) is 20.6. The molecule has 11 aliphatic rings. The van der Waals surface area contributed by atoms with E-state index < -0.39 is 0 Å². The van der Waals surface area contributed by atoms with Gasteiger partial charge < -0.3 is 0 Å². The largest absolute Gasteiger partial charge is 0.126 e. The number of hydrogen-bond donors (Lipinski definition) is 0. The van der Waals surface area contributed by atoms with Gasteiger partial charge in [-0.3, -0.25) is 0 Å².